The SMILES string of the molecule is CCCNC(C)C(=O)N(C)CC(=O)Nc1ccc(C)cc1.Cl. The van der Waals surface area contributed by atoms with E-state index >= 15 is 0 Å². The van der Waals surface area contributed by atoms with Gasteiger partial charge in [0.25, 0.3) is 0 Å². The fourth-order valence-electron chi connectivity index (χ4n) is 1.91. The van der Waals surface area contributed by atoms with E-state index in [1.54, 1.807) is 7.05 Å². The molecule has 0 heterocycles. The zero-order valence-electron chi connectivity index (χ0n) is 13.7. The zero-order valence-corrected chi connectivity index (χ0v) is 14.5. The molecule has 1 aromatic rings. The number of halogens is 1. The molecular weight excluding hydrogens is 302 g/mol. The fraction of sp³-hybridized carbons (Fsp3) is 0.500. The smallest absolute Gasteiger partial charge is 0.243 e. The molecule has 1 rings (SSSR count). The molecule has 6 heteroatoms. The summed E-state index contributed by atoms with van der Waals surface area (Å²) in [5, 5.41) is 5.90. The molecule has 1 unspecified atom stereocenters. The second-order valence-corrected chi connectivity index (χ2v) is 5.28. The van der Waals surface area contributed by atoms with Gasteiger partial charge >= 0.3 is 0 Å². The predicted molar refractivity (Wildman–Crippen MR) is 92.4 cm³/mol. The Hall–Kier alpha value is -1.59. The highest BCUT2D eigenvalue weighted by Crippen LogP contribution is 2.08. The number of aryl methyl sites for hydroxylation is 1. The summed E-state index contributed by atoms with van der Waals surface area (Å²) in [4.78, 5) is 25.4. The van der Waals surface area contributed by atoms with E-state index in [-0.39, 0.29) is 36.8 Å². The first-order valence-electron chi connectivity index (χ1n) is 7.29. The summed E-state index contributed by atoms with van der Waals surface area (Å²) < 4.78 is 0. The van der Waals surface area contributed by atoms with Gasteiger partial charge in [0.15, 0.2) is 0 Å². The monoisotopic (exact) mass is 327 g/mol. The number of benzene rings is 1. The molecule has 124 valence electrons. The van der Waals surface area contributed by atoms with Crippen LogP contribution in [0.5, 0.6) is 0 Å². The Morgan fingerprint density at radius 2 is 1.82 bits per heavy atom. The second-order valence-electron chi connectivity index (χ2n) is 5.28. The number of hydrogen-bond acceptors (Lipinski definition) is 3. The molecule has 0 aliphatic carbocycles. The van der Waals surface area contributed by atoms with Gasteiger partial charge in [0.1, 0.15) is 0 Å². The van der Waals surface area contributed by atoms with Crippen molar-refractivity contribution in [2.45, 2.75) is 33.2 Å². The Bertz CT molecular complexity index is 477. The first-order valence-corrected chi connectivity index (χ1v) is 7.29. The van der Waals surface area contributed by atoms with Crippen LogP contribution in [0.25, 0.3) is 0 Å². The number of nitrogens with one attached hydrogen (secondary N) is 2. The molecule has 2 amide bonds. The van der Waals surface area contributed by atoms with Gasteiger partial charge in [-0.25, -0.2) is 0 Å². The Balaban J connectivity index is 0.00000441. The quantitative estimate of drug-likeness (QED) is 0.807. The van der Waals surface area contributed by atoms with Crippen LogP contribution in [0.15, 0.2) is 24.3 Å². The first kappa shape index (κ1) is 20.4. The summed E-state index contributed by atoms with van der Waals surface area (Å²) in [5.41, 5.74) is 1.87. The van der Waals surface area contributed by atoms with Crippen molar-refractivity contribution in [2.24, 2.45) is 0 Å². The Morgan fingerprint density at radius 1 is 1.23 bits per heavy atom. The topological polar surface area (TPSA) is 61.4 Å². The summed E-state index contributed by atoms with van der Waals surface area (Å²) in [5.74, 6) is -0.278. The van der Waals surface area contributed by atoms with Crippen LogP contribution < -0.4 is 10.6 Å². The molecule has 0 saturated carbocycles. The van der Waals surface area contributed by atoms with E-state index in [0.717, 1.165) is 24.2 Å². The lowest BCUT2D eigenvalue weighted by molar-refractivity contribution is -0.134. The van der Waals surface area contributed by atoms with Gasteiger partial charge in [-0.2, -0.15) is 0 Å². The van der Waals surface area contributed by atoms with E-state index in [1.807, 2.05) is 45.0 Å². The van der Waals surface area contributed by atoms with Crippen LogP contribution in [0.4, 0.5) is 5.69 Å². The maximum atomic E-state index is 12.1. The van der Waals surface area contributed by atoms with Crippen molar-refractivity contribution in [1.82, 2.24) is 10.2 Å². The standard InChI is InChI=1S/C16H25N3O2.ClH/c1-5-10-17-13(3)16(21)19(4)11-15(20)18-14-8-6-12(2)7-9-14;/h6-9,13,17H,5,10-11H2,1-4H3,(H,18,20);1H. The van der Waals surface area contributed by atoms with Gasteiger partial charge in [0.2, 0.25) is 11.8 Å². The molecule has 0 saturated heterocycles. The Kier molecular flexibility index (Phi) is 9.45. The Morgan fingerprint density at radius 3 is 2.36 bits per heavy atom. The number of anilines is 1. The molecule has 5 nitrogen and oxygen atoms in total. The third-order valence-corrected chi connectivity index (χ3v) is 3.16. The minimum Gasteiger partial charge on any atom is -0.335 e. The summed E-state index contributed by atoms with van der Waals surface area (Å²) in [6, 6.07) is 7.28. The number of rotatable bonds is 7. The molecule has 0 aliphatic rings. The average Bonchev–Trinajstić information content (AvgIpc) is 2.46. The number of hydrogen-bond donors (Lipinski definition) is 2. The third-order valence-electron chi connectivity index (χ3n) is 3.16. The van der Waals surface area contributed by atoms with E-state index in [2.05, 4.69) is 10.6 Å². The third kappa shape index (κ3) is 6.91. The maximum absolute atomic E-state index is 12.1. The number of nitrogens with zero attached hydrogens (tertiary/aromatic N) is 1. The van der Waals surface area contributed by atoms with Crippen molar-refractivity contribution in [3.05, 3.63) is 29.8 Å². The molecule has 2 N–H and O–H groups in total. The summed E-state index contributed by atoms with van der Waals surface area (Å²) >= 11 is 0. The van der Waals surface area contributed by atoms with Crippen LogP contribution in [-0.4, -0.2) is 42.9 Å². The number of likely N-dealkylation sites (N-methyl/N-ethyl adjacent to an activating group) is 1. The van der Waals surface area contributed by atoms with Crippen LogP contribution >= 0.6 is 12.4 Å². The Labute approximate surface area is 138 Å². The van der Waals surface area contributed by atoms with Crippen LogP contribution in [0.1, 0.15) is 25.8 Å². The molecule has 0 fully saturated rings. The second kappa shape index (κ2) is 10.2. The lowest BCUT2D eigenvalue weighted by atomic mass is 10.2. The highest BCUT2D eigenvalue weighted by Gasteiger charge is 2.18. The largest absolute Gasteiger partial charge is 0.335 e. The number of carbonyl (C=O) groups is 2. The summed E-state index contributed by atoms with van der Waals surface area (Å²) in [6.45, 7) is 6.68. The molecule has 0 spiro atoms. The van der Waals surface area contributed by atoms with E-state index in [1.165, 1.54) is 4.90 Å². The van der Waals surface area contributed by atoms with Crippen molar-refractivity contribution >= 4 is 29.9 Å². The van der Waals surface area contributed by atoms with Crippen molar-refractivity contribution in [2.75, 3.05) is 25.5 Å². The average molecular weight is 328 g/mol. The van der Waals surface area contributed by atoms with E-state index in [4.69, 9.17) is 0 Å². The molecule has 0 bridgehead atoms. The van der Waals surface area contributed by atoms with Gasteiger partial charge in [-0.3, -0.25) is 9.59 Å². The number of amides is 2. The predicted octanol–water partition coefficient (Wildman–Crippen LogP) is 2.20. The van der Waals surface area contributed by atoms with Gasteiger partial charge in [-0.15, -0.1) is 12.4 Å². The summed E-state index contributed by atoms with van der Waals surface area (Å²) in [7, 11) is 1.64. The summed E-state index contributed by atoms with van der Waals surface area (Å²) in [6.07, 6.45) is 0.968. The zero-order chi connectivity index (χ0) is 15.8. The van der Waals surface area contributed by atoms with Crippen LogP contribution in [0.3, 0.4) is 0 Å². The van der Waals surface area contributed by atoms with Gasteiger partial charge in [-0.05, 0) is 38.9 Å². The van der Waals surface area contributed by atoms with Crippen LogP contribution in [0.2, 0.25) is 0 Å². The minimum absolute atomic E-state index is 0. The van der Waals surface area contributed by atoms with Gasteiger partial charge in [-0.1, -0.05) is 24.6 Å². The highest BCUT2D eigenvalue weighted by molar-refractivity contribution is 5.95. The number of carbonyl (C=O) groups excluding carboxylic acids is 2. The van der Waals surface area contributed by atoms with E-state index in [0.29, 0.717) is 0 Å². The van der Waals surface area contributed by atoms with Crippen LogP contribution in [0, 0.1) is 6.92 Å². The van der Waals surface area contributed by atoms with Gasteiger partial charge < -0.3 is 15.5 Å². The minimum atomic E-state index is -0.276. The van der Waals surface area contributed by atoms with Crippen molar-refractivity contribution in [1.29, 1.82) is 0 Å². The van der Waals surface area contributed by atoms with Crippen molar-refractivity contribution in [3.63, 3.8) is 0 Å². The lowest BCUT2D eigenvalue weighted by Crippen LogP contribution is -2.45. The molecular formula is C16H26ClN3O2. The van der Waals surface area contributed by atoms with E-state index in [9.17, 15) is 9.59 Å². The molecule has 22 heavy (non-hydrogen) atoms. The van der Waals surface area contributed by atoms with E-state index < -0.39 is 0 Å². The van der Waals surface area contributed by atoms with Crippen LogP contribution in [-0.2, 0) is 9.59 Å². The first-order chi connectivity index (χ1) is 9.93. The highest BCUT2D eigenvalue weighted by atomic mass is 35.5. The molecule has 0 aliphatic heterocycles. The maximum Gasteiger partial charge on any atom is 0.243 e. The molecule has 1 aromatic carbocycles. The molecule has 0 aromatic heterocycles. The molecule has 1 atom stereocenters. The van der Waals surface area contributed by atoms with Crippen molar-refractivity contribution < 1.29 is 9.59 Å². The fourth-order valence-corrected chi connectivity index (χ4v) is 1.91. The normalized spacial score (nSPS) is 11.3. The van der Waals surface area contributed by atoms with Gasteiger partial charge in [0.05, 0.1) is 12.6 Å². The molecule has 0 radical (unpaired) electrons. The lowest BCUT2D eigenvalue weighted by Gasteiger charge is -2.21. The van der Waals surface area contributed by atoms with Crippen molar-refractivity contribution in [3.8, 4) is 0 Å². The van der Waals surface area contributed by atoms with Gasteiger partial charge in [0, 0.05) is 12.7 Å².